The highest BCUT2D eigenvalue weighted by Crippen LogP contribution is 2.22. The van der Waals surface area contributed by atoms with E-state index in [9.17, 15) is 18.3 Å². The number of phenols is 1. The molecule has 0 radical (unpaired) electrons. The molecule has 3 N–H and O–H groups in total. The number of nitrogens with one attached hydrogen (secondary N) is 2. The molecule has 0 aliphatic carbocycles. The molecule has 0 aliphatic heterocycles. The Balaban J connectivity index is 2.16. The van der Waals surface area contributed by atoms with Gasteiger partial charge in [-0.25, -0.2) is 8.42 Å². The van der Waals surface area contributed by atoms with Crippen molar-refractivity contribution in [2.24, 2.45) is 0 Å². The zero-order valence-electron chi connectivity index (χ0n) is 10.9. The largest absolute Gasteiger partial charge is 0.507 e. The summed E-state index contributed by atoms with van der Waals surface area (Å²) in [5.41, 5.74) is 1.92. The van der Waals surface area contributed by atoms with Crippen LogP contribution in [0.5, 0.6) is 5.75 Å². The summed E-state index contributed by atoms with van der Waals surface area (Å²) in [6.07, 6.45) is 0. The molecule has 2 aromatic rings. The quantitative estimate of drug-likeness (QED) is 0.729. The Morgan fingerprint density at radius 1 is 1.05 bits per heavy atom. The van der Waals surface area contributed by atoms with Crippen LogP contribution in [0.2, 0.25) is 10.0 Å². The molecule has 9 heteroatoms. The minimum Gasteiger partial charge on any atom is -0.507 e. The number of halogens is 2. The van der Waals surface area contributed by atoms with Gasteiger partial charge in [0.15, 0.2) is 0 Å². The first-order valence-electron chi connectivity index (χ1n) is 5.86. The van der Waals surface area contributed by atoms with Crippen LogP contribution in [0, 0.1) is 0 Å². The molecule has 0 bridgehead atoms. The Morgan fingerprint density at radius 3 is 2.23 bits per heavy atom. The van der Waals surface area contributed by atoms with Crippen LogP contribution in [0.3, 0.4) is 0 Å². The fourth-order valence-electron chi connectivity index (χ4n) is 1.59. The number of sulfonamides is 1. The van der Waals surface area contributed by atoms with Gasteiger partial charge in [-0.2, -0.15) is 0 Å². The van der Waals surface area contributed by atoms with Crippen molar-refractivity contribution in [2.75, 3.05) is 0 Å². The second kappa shape index (κ2) is 6.53. The first kappa shape index (κ1) is 16.6. The molecule has 0 saturated heterocycles. The van der Waals surface area contributed by atoms with Crippen LogP contribution in [-0.2, 0) is 10.0 Å². The number of benzene rings is 2. The highest BCUT2D eigenvalue weighted by Gasteiger charge is 2.18. The van der Waals surface area contributed by atoms with E-state index < -0.39 is 15.9 Å². The minimum absolute atomic E-state index is 0.0747. The number of phenolic OH excluding ortho intramolecular Hbond substituents is 1. The number of hydrazine groups is 1. The van der Waals surface area contributed by atoms with Gasteiger partial charge in [0.05, 0.1) is 10.5 Å². The van der Waals surface area contributed by atoms with Crippen molar-refractivity contribution in [1.82, 2.24) is 10.3 Å². The molecule has 22 heavy (non-hydrogen) atoms. The highest BCUT2D eigenvalue weighted by atomic mass is 35.5. The van der Waals surface area contributed by atoms with Crippen molar-refractivity contribution < 1.29 is 18.3 Å². The predicted molar refractivity (Wildman–Crippen MR) is 82.4 cm³/mol. The van der Waals surface area contributed by atoms with Crippen molar-refractivity contribution >= 4 is 39.1 Å². The lowest BCUT2D eigenvalue weighted by Crippen LogP contribution is -2.41. The van der Waals surface area contributed by atoms with Crippen LogP contribution in [0.15, 0.2) is 47.4 Å². The molecule has 0 unspecified atom stereocenters. The van der Waals surface area contributed by atoms with Crippen molar-refractivity contribution in [3.05, 3.63) is 58.1 Å². The van der Waals surface area contributed by atoms with Gasteiger partial charge in [-0.1, -0.05) is 35.3 Å². The molecule has 2 rings (SSSR count). The lowest BCUT2D eigenvalue weighted by Gasteiger charge is -2.10. The molecule has 0 atom stereocenters. The Hall–Kier alpha value is -1.80. The monoisotopic (exact) mass is 360 g/mol. The SMILES string of the molecule is O=C(NNS(=O)(=O)c1cc(Cl)cc(Cl)c1)c1ccccc1O. The van der Waals surface area contributed by atoms with Gasteiger partial charge in [-0.15, -0.1) is 4.83 Å². The number of aromatic hydroxyl groups is 1. The van der Waals surface area contributed by atoms with E-state index in [2.05, 4.69) is 0 Å². The first-order valence-corrected chi connectivity index (χ1v) is 8.10. The van der Waals surface area contributed by atoms with E-state index in [0.717, 1.165) is 0 Å². The topological polar surface area (TPSA) is 95.5 Å². The summed E-state index contributed by atoms with van der Waals surface area (Å²) in [6, 6.07) is 9.45. The molecule has 0 aromatic heterocycles. The number of carbonyl (C=O) groups is 1. The summed E-state index contributed by atoms with van der Waals surface area (Å²) < 4.78 is 24.1. The molecule has 6 nitrogen and oxygen atoms in total. The molecule has 2 aromatic carbocycles. The summed E-state index contributed by atoms with van der Waals surface area (Å²) in [5, 5.41) is 9.80. The maximum absolute atomic E-state index is 12.1. The number of hydrogen-bond acceptors (Lipinski definition) is 4. The van der Waals surface area contributed by atoms with E-state index >= 15 is 0 Å². The van der Waals surface area contributed by atoms with Gasteiger partial charge in [0, 0.05) is 10.0 Å². The summed E-state index contributed by atoms with van der Waals surface area (Å²) >= 11 is 11.5. The molecule has 0 saturated carbocycles. The average Bonchev–Trinajstić information content (AvgIpc) is 2.44. The maximum atomic E-state index is 12.1. The molecule has 0 fully saturated rings. The van der Waals surface area contributed by atoms with Crippen molar-refractivity contribution in [1.29, 1.82) is 0 Å². The van der Waals surface area contributed by atoms with Crippen LogP contribution in [0.1, 0.15) is 10.4 Å². The van der Waals surface area contributed by atoms with Crippen molar-refractivity contribution in [3.8, 4) is 5.75 Å². The predicted octanol–water partition coefficient (Wildman–Crippen LogP) is 2.32. The Bertz CT molecular complexity index is 804. The molecule has 0 spiro atoms. The average molecular weight is 361 g/mol. The molecule has 0 aliphatic rings. The van der Waals surface area contributed by atoms with Gasteiger partial charge in [-0.05, 0) is 30.3 Å². The summed E-state index contributed by atoms with van der Waals surface area (Å²) in [7, 11) is -4.05. The standard InChI is InChI=1S/C13H10Cl2N2O4S/c14-8-5-9(15)7-10(6-8)22(20,21)17-16-13(19)11-3-1-2-4-12(11)18/h1-7,17-18H,(H,16,19). The number of rotatable bonds is 4. The highest BCUT2D eigenvalue weighted by molar-refractivity contribution is 7.89. The van der Waals surface area contributed by atoms with Gasteiger partial charge in [0.1, 0.15) is 5.75 Å². The second-order valence-electron chi connectivity index (χ2n) is 4.18. The smallest absolute Gasteiger partial charge is 0.269 e. The second-order valence-corrected chi connectivity index (χ2v) is 6.74. The van der Waals surface area contributed by atoms with Gasteiger partial charge in [-0.3, -0.25) is 10.2 Å². The fraction of sp³-hybridized carbons (Fsp3) is 0. The number of carbonyl (C=O) groups excluding carboxylic acids is 1. The minimum atomic E-state index is -4.05. The summed E-state index contributed by atoms with van der Waals surface area (Å²) in [6.45, 7) is 0. The zero-order valence-corrected chi connectivity index (χ0v) is 13.2. The van der Waals surface area contributed by atoms with Gasteiger partial charge in [0.25, 0.3) is 15.9 Å². The van der Waals surface area contributed by atoms with E-state index in [1.165, 1.54) is 42.5 Å². The van der Waals surface area contributed by atoms with E-state index in [-0.39, 0.29) is 26.3 Å². The molecular formula is C13H10Cl2N2O4S. The zero-order chi connectivity index (χ0) is 16.3. The lowest BCUT2D eigenvalue weighted by atomic mass is 10.2. The van der Waals surface area contributed by atoms with Crippen LogP contribution in [-0.4, -0.2) is 19.4 Å². The Labute approximate surface area is 136 Å². The Kier molecular flexibility index (Phi) is 4.92. The van der Waals surface area contributed by atoms with E-state index in [1.807, 2.05) is 10.3 Å². The van der Waals surface area contributed by atoms with Gasteiger partial charge >= 0.3 is 0 Å². The third kappa shape index (κ3) is 3.89. The normalized spacial score (nSPS) is 11.2. The molecule has 0 heterocycles. The summed E-state index contributed by atoms with van der Waals surface area (Å²) in [4.78, 5) is 13.5. The fourth-order valence-corrected chi connectivity index (χ4v) is 3.15. The van der Waals surface area contributed by atoms with Crippen LogP contribution < -0.4 is 10.3 Å². The molecule has 1 amide bonds. The first-order chi connectivity index (χ1) is 10.3. The van der Waals surface area contributed by atoms with Gasteiger partial charge < -0.3 is 5.11 Å². The number of hydrogen-bond donors (Lipinski definition) is 3. The number of amides is 1. The van der Waals surface area contributed by atoms with E-state index in [4.69, 9.17) is 23.2 Å². The molecular weight excluding hydrogens is 351 g/mol. The van der Waals surface area contributed by atoms with Crippen molar-refractivity contribution in [2.45, 2.75) is 4.90 Å². The number of para-hydroxylation sites is 1. The van der Waals surface area contributed by atoms with Crippen molar-refractivity contribution in [3.63, 3.8) is 0 Å². The van der Waals surface area contributed by atoms with E-state index in [1.54, 1.807) is 0 Å². The van der Waals surface area contributed by atoms with Gasteiger partial charge in [0.2, 0.25) is 0 Å². The maximum Gasteiger partial charge on any atom is 0.269 e. The van der Waals surface area contributed by atoms with Crippen LogP contribution in [0.25, 0.3) is 0 Å². The third-order valence-electron chi connectivity index (χ3n) is 2.59. The third-order valence-corrected chi connectivity index (χ3v) is 4.26. The molecule has 116 valence electrons. The van der Waals surface area contributed by atoms with Crippen LogP contribution in [0.4, 0.5) is 0 Å². The lowest BCUT2D eigenvalue weighted by molar-refractivity contribution is 0.0942. The summed E-state index contributed by atoms with van der Waals surface area (Å²) in [5.74, 6) is -1.08. The van der Waals surface area contributed by atoms with Crippen LogP contribution >= 0.6 is 23.2 Å². The van der Waals surface area contributed by atoms with E-state index in [0.29, 0.717) is 0 Å². The Morgan fingerprint density at radius 2 is 1.64 bits per heavy atom.